The molecule has 1 rings (SSSR count). The molecule has 1 heterocycles. The average molecular weight is 250 g/mol. The van der Waals surface area contributed by atoms with Gasteiger partial charge in [-0.25, -0.2) is 13.8 Å². The molecule has 3 nitrogen and oxygen atoms in total. The molecule has 0 spiro atoms. The van der Waals surface area contributed by atoms with Crippen molar-refractivity contribution < 1.29 is 26.7 Å². The van der Waals surface area contributed by atoms with Crippen LogP contribution in [0.4, 0.5) is 22.0 Å². The van der Waals surface area contributed by atoms with E-state index in [1.807, 2.05) is 0 Å². The largest absolute Gasteiger partial charge is 0.417 e. The molecule has 0 aliphatic rings. The molecule has 1 aromatic heterocycles. The molecule has 0 N–H and O–H groups in total. The van der Waals surface area contributed by atoms with Crippen LogP contribution in [0.1, 0.15) is 33.7 Å². The predicted molar refractivity (Wildman–Crippen MR) is 44.3 cm³/mol. The molecule has 0 amide bonds. The smallest absolute Gasteiger partial charge is 0.296 e. The summed E-state index contributed by atoms with van der Waals surface area (Å²) < 4.78 is 62.2. The number of carbonyl (C=O) groups is 1. The molecule has 0 fully saturated rings. The summed E-state index contributed by atoms with van der Waals surface area (Å²) >= 11 is 0. The molecule has 90 valence electrons. The number of hydrogen-bond acceptors (Lipinski definition) is 3. The summed E-state index contributed by atoms with van der Waals surface area (Å²) in [6.07, 6.45) is -8.47. The fraction of sp³-hybridized carbons (Fsp3) is 0.222. The summed E-state index contributed by atoms with van der Waals surface area (Å²) in [7, 11) is 0. The molecule has 0 aliphatic carbocycles. The number of aldehydes is 1. The standard InChI is InChI=1S/C9H3F5N2O/c10-8(11)7-5(2-15)6(9(12,13)14)1-4(3-17)16-7/h1,3,8H. The van der Waals surface area contributed by atoms with Crippen molar-refractivity contribution in [3.05, 3.63) is 28.6 Å². The fourth-order valence-electron chi connectivity index (χ4n) is 1.14. The monoisotopic (exact) mass is 250 g/mol. The molecule has 0 saturated heterocycles. The van der Waals surface area contributed by atoms with E-state index in [1.165, 1.54) is 0 Å². The first-order valence-electron chi connectivity index (χ1n) is 4.06. The van der Waals surface area contributed by atoms with Gasteiger partial charge in [0.2, 0.25) is 0 Å². The van der Waals surface area contributed by atoms with E-state index in [1.54, 1.807) is 0 Å². The van der Waals surface area contributed by atoms with Gasteiger partial charge in [-0.3, -0.25) is 4.79 Å². The Balaban J connectivity index is 3.64. The maximum absolute atomic E-state index is 12.5. The zero-order valence-corrected chi connectivity index (χ0v) is 7.92. The molecule has 0 bridgehead atoms. The van der Waals surface area contributed by atoms with Crippen LogP contribution in [0.2, 0.25) is 0 Å². The van der Waals surface area contributed by atoms with Gasteiger partial charge in [0.15, 0.2) is 6.29 Å². The minimum absolute atomic E-state index is 0.0950. The minimum Gasteiger partial charge on any atom is -0.296 e. The van der Waals surface area contributed by atoms with E-state index in [0.717, 1.165) is 6.07 Å². The van der Waals surface area contributed by atoms with E-state index in [-0.39, 0.29) is 12.4 Å². The molecule has 0 atom stereocenters. The number of alkyl halides is 5. The Hall–Kier alpha value is -2.04. The van der Waals surface area contributed by atoms with E-state index >= 15 is 0 Å². The van der Waals surface area contributed by atoms with Gasteiger partial charge in [-0.1, -0.05) is 0 Å². The van der Waals surface area contributed by atoms with Crippen LogP contribution >= 0.6 is 0 Å². The van der Waals surface area contributed by atoms with Gasteiger partial charge >= 0.3 is 6.18 Å². The quantitative estimate of drug-likeness (QED) is 0.599. The Kier molecular flexibility index (Phi) is 3.41. The third kappa shape index (κ3) is 2.55. The summed E-state index contributed by atoms with van der Waals surface area (Å²) in [5.74, 6) is 0. The van der Waals surface area contributed by atoms with E-state index in [9.17, 15) is 26.7 Å². The van der Waals surface area contributed by atoms with Gasteiger partial charge in [0, 0.05) is 0 Å². The predicted octanol–water partition coefficient (Wildman–Crippen LogP) is 2.72. The maximum Gasteiger partial charge on any atom is 0.417 e. The van der Waals surface area contributed by atoms with Gasteiger partial charge in [-0.15, -0.1) is 0 Å². The van der Waals surface area contributed by atoms with Crippen molar-refractivity contribution in [3.63, 3.8) is 0 Å². The Morgan fingerprint density at radius 3 is 2.35 bits per heavy atom. The van der Waals surface area contributed by atoms with Crippen LogP contribution in [0, 0.1) is 11.3 Å². The average Bonchev–Trinajstić information content (AvgIpc) is 2.25. The van der Waals surface area contributed by atoms with Crippen LogP contribution < -0.4 is 0 Å². The molecular weight excluding hydrogens is 247 g/mol. The number of nitriles is 1. The number of hydrogen-bond donors (Lipinski definition) is 0. The number of aromatic nitrogens is 1. The van der Waals surface area contributed by atoms with Crippen LogP contribution in [0.25, 0.3) is 0 Å². The summed E-state index contributed by atoms with van der Waals surface area (Å²) in [6.45, 7) is 0. The molecular formula is C9H3F5N2O. The van der Waals surface area contributed by atoms with Gasteiger partial charge in [0.25, 0.3) is 6.43 Å². The van der Waals surface area contributed by atoms with Gasteiger partial charge in [-0.05, 0) is 6.07 Å². The van der Waals surface area contributed by atoms with E-state index in [4.69, 9.17) is 5.26 Å². The van der Waals surface area contributed by atoms with Crippen LogP contribution in [-0.4, -0.2) is 11.3 Å². The van der Waals surface area contributed by atoms with Crippen molar-refractivity contribution in [1.82, 2.24) is 4.98 Å². The van der Waals surface area contributed by atoms with Crippen LogP contribution in [-0.2, 0) is 6.18 Å². The van der Waals surface area contributed by atoms with E-state index in [2.05, 4.69) is 4.98 Å². The van der Waals surface area contributed by atoms with E-state index in [0.29, 0.717) is 0 Å². The Labute approximate surface area is 91.5 Å². The molecule has 8 heteroatoms. The van der Waals surface area contributed by atoms with Crippen molar-refractivity contribution in [2.75, 3.05) is 0 Å². The highest BCUT2D eigenvalue weighted by Gasteiger charge is 2.37. The van der Waals surface area contributed by atoms with Crippen molar-refractivity contribution in [2.24, 2.45) is 0 Å². The van der Waals surface area contributed by atoms with E-state index < -0.39 is 35.1 Å². The first-order valence-corrected chi connectivity index (χ1v) is 4.06. The highest BCUT2D eigenvalue weighted by Crippen LogP contribution is 2.35. The lowest BCUT2D eigenvalue weighted by Gasteiger charge is -2.11. The summed E-state index contributed by atoms with van der Waals surface area (Å²) in [4.78, 5) is 13.3. The van der Waals surface area contributed by atoms with Crippen LogP contribution in [0.3, 0.4) is 0 Å². The van der Waals surface area contributed by atoms with Crippen LogP contribution in [0.5, 0.6) is 0 Å². The normalized spacial score (nSPS) is 11.4. The van der Waals surface area contributed by atoms with Crippen molar-refractivity contribution in [3.8, 4) is 6.07 Å². The van der Waals surface area contributed by atoms with Gasteiger partial charge < -0.3 is 0 Å². The van der Waals surface area contributed by atoms with Crippen LogP contribution in [0.15, 0.2) is 6.07 Å². The Morgan fingerprint density at radius 1 is 1.41 bits per heavy atom. The number of carbonyl (C=O) groups excluding carboxylic acids is 1. The molecule has 0 aromatic carbocycles. The summed E-state index contributed by atoms with van der Waals surface area (Å²) in [5, 5.41) is 8.46. The fourth-order valence-corrected chi connectivity index (χ4v) is 1.14. The highest BCUT2D eigenvalue weighted by atomic mass is 19.4. The number of rotatable bonds is 2. The van der Waals surface area contributed by atoms with Gasteiger partial charge in [-0.2, -0.15) is 18.4 Å². The molecule has 17 heavy (non-hydrogen) atoms. The minimum atomic E-state index is -5.00. The molecule has 0 unspecified atom stereocenters. The molecule has 1 aromatic rings. The van der Waals surface area contributed by atoms with Gasteiger partial charge in [0.1, 0.15) is 17.5 Å². The SMILES string of the molecule is N#Cc1c(C(F)(F)F)cc(C=O)nc1C(F)F. The maximum atomic E-state index is 12.5. The molecule has 0 radical (unpaired) electrons. The zero-order valence-electron chi connectivity index (χ0n) is 7.92. The number of halogens is 5. The second kappa shape index (κ2) is 4.45. The zero-order chi connectivity index (χ0) is 13.2. The first-order chi connectivity index (χ1) is 7.81. The molecule has 0 saturated carbocycles. The van der Waals surface area contributed by atoms with Gasteiger partial charge in [0.05, 0.1) is 11.1 Å². The van der Waals surface area contributed by atoms with Crippen molar-refractivity contribution in [2.45, 2.75) is 12.6 Å². The summed E-state index contributed by atoms with van der Waals surface area (Å²) in [6, 6.07) is 1.29. The number of nitrogens with zero attached hydrogens (tertiary/aromatic N) is 2. The van der Waals surface area contributed by atoms with Crippen molar-refractivity contribution in [1.29, 1.82) is 5.26 Å². The number of pyridine rings is 1. The third-order valence-electron chi connectivity index (χ3n) is 1.81. The first kappa shape index (κ1) is 13.0. The van der Waals surface area contributed by atoms with Crippen molar-refractivity contribution >= 4 is 6.29 Å². The Morgan fingerprint density at radius 2 is 2.00 bits per heavy atom. The third-order valence-corrected chi connectivity index (χ3v) is 1.81. The lowest BCUT2D eigenvalue weighted by Crippen LogP contribution is -2.13. The lowest BCUT2D eigenvalue weighted by atomic mass is 10.1. The molecule has 0 aliphatic heterocycles. The Bertz CT molecular complexity index is 489. The highest BCUT2D eigenvalue weighted by molar-refractivity contribution is 5.73. The second-order valence-corrected chi connectivity index (χ2v) is 2.88. The lowest BCUT2D eigenvalue weighted by molar-refractivity contribution is -0.138. The second-order valence-electron chi connectivity index (χ2n) is 2.88. The topological polar surface area (TPSA) is 53.8 Å². The summed E-state index contributed by atoms with van der Waals surface area (Å²) in [5.41, 5.74) is -5.00.